The summed E-state index contributed by atoms with van der Waals surface area (Å²) in [5, 5.41) is 0. The molecule has 0 saturated heterocycles. The fourth-order valence-corrected chi connectivity index (χ4v) is 3.03. The van der Waals surface area contributed by atoms with Crippen molar-refractivity contribution in [2.75, 3.05) is 0 Å². The van der Waals surface area contributed by atoms with E-state index in [0.29, 0.717) is 0 Å². The summed E-state index contributed by atoms with van der Waals surface area (Å²) in [6.45, 7) is 4.21. The number of hydrogen-bond acceptors (Lipinski definition) is 1. The molecule has 1 aromatic heterocycles. The molecule has 0 aliphatic heterocycles. The van der Waals surface area contributed by atoms with Gasteiger partial charge in [0, 0.05) is 4.47 Å². The number of nitrogens with zero attached hydrogens (tertiary/aromatic N) is 1. The van der Waals surface area contributed by atoms with Crippen molar-refractivity contribution < 1.29 is 0 Å². The van der Waals surface area contributed by atoms with Crippen LogP contribution in [0.4, 0.5) is 0 Å². The predicted molar refractivity (Wildman–Crippen MR) is 85.6 cm³/mol. The summed E-state index contributed by atoms with van der Waals surface area (Å²) >= 11 is 8.98. The number of H-pyrrole nitrogens is 1. The number of benzene rings is 2. The number of aromatic nitrogens is 2. The molecule has 3 aromatic rings. The molecule has 3 rings (SSSR count). The maximum atomic E-state index is 5.46. The van der Waals surface area contributed by atoms with E-state index in [9.17, 15) is 0 Å². The summed E-state index contributed by atoms with van der Waals surface area (Å²) < 4.78 is 3.86. The maximum Gasteiger partial charge on any atom is 0.182 e. The third-order valence-corrected chi connectivity index (χ3v) is 4.02. The quantitative estimate of drug-likeness (QED) is 0.617. The third kappa shape index (κ3) is 2.15. The molecule has 19 heavy (non-hydrogen) atoms. The van der Waals surface area contributed by atoms with Gasteiger partial charge in [0.25, 0.3) is 0 Å². The van der Waals surface area contributed by atoms with Crippen molar-refractivity contribution in [3.63, 3.8) is 0 Å². The molecule has 1 N–H and O–H groups in total. The highest BCUT2D eigenvalue weighted by Gasteiger charge is 2.09. The Labute approximate surface area is 125 Å². The van der Waals surface area contributed by atoms with Crippen LogP contribution in [0.3, 0.4) is 0 Å². The van der Waals surface area contributed by atoms with E-state index in [4.69, 9.17) is 12.2 Å². The highest BCUT2D eigenvalue weighted by molar-refractivity contribution is 9.10. The minimum absolute atomic E-state index is 0.722. The first-order valence-electron chi connectivity index (χ1n) is 6.04. The Balaban J connectivity index is 2.38. The van der Waals surface area contributed by atoms with E-state index in [0.717, 1.165) is 26.0 Å². The lowest BCUT2D eigenvalue weighted by molar-refractivity contribution is 1.05. The lowest BCUT2D eigenvalue weighted by Gasteiger charge is -2.09. The zero-order valence-electron chi connectivity index (χ0n) is 10.7. The van der Waals surface area contributed by atoms with Crippen molar-refractivity contribution >= 4 is 39.2 Å². The topological polar surface area (TPSA) is 20.7 Å². The molecule has 4 heteroatoms. The van der Waals surface area contributed by atoms with Gasteiger partial charge in [-0.25, -0.2) is 0 Å². The van der Waals surface area contributed by atoms with Crippen molar-refractivity contribution in [2.45, 2.75) is 13.8 Å². The smallest absolute Gasteiger partial charge is 0.182 e. The lowest BCUT2D eigenvalue weighted by atomic mass is 10.1. The lowest BCUT2D eigenvalue weighted by Crippen LogP contribution is -1.97. The minimum Gasteiger partial charge on any atom is -0.330 e. The van der Waals surface area contributed by atoms with E-state index in [2.05, 4.69) is 63.6 Å². The Morgan fingerprint density at radius 3 is 2.63 bits per heavy atom. The molecule has 0 unspecified atom stereocenters. The fourth-order valence-electron chi connectivity index (χ4n) is 2.37. The van der Waals surface area contributed by atoms with E-state index in [1.54, 1.807) is 0 Å². The van der Waals surface area contributed by atoms with Crippen LogP contribution in [0.2, 0.25) is 0 Å². The zero-order chi connectivity index (χ0) is 13.6. The molecule has 0 aliphatic carbocycles. The Kier molecular flexibility index (Phi) is 3.07. The highest BCUT2D eigenvalue weighted by atomic mass is 79.9. The molecule has 1 heterocycles. The second-order valence-electron chi connectivity index (χ2n) is 4.72. The van der Waals surface area contributed by atoms with Gasteiger partial charge in [0.2, 0.25) is 0 Å². The Hall–Kier alpha value is -1.39. The molecular formula is C15H13BrN2S. The number of imidazole rings is 1. The summed E-state index contributed by atoms with van der Waals surface area (Å²) in [6.07, 6.45) is 0. The first-order chi connectivity index (χ1) is 9.06. The molecule has 0 aliphatic rings. The Morgan fingerprint density at radius 1 is 1.11 bits per heavy atom. The normalized spacial score (nSPS) is 11.1. The van der Waals surface area contributed by atoms with Crippen LogP contribution in [-0.2, 0) is 0 Å². The largest absolute Gasteiger partial charge is 0.330 e. The Bertz CT molecular complexity index is 830. The number of hydrogen-bond donors (Lipinski definition) is 1. The summed E-state index contributed by atoms with van der Waals surface area (Å²) in [7, 11) is 0. The van der Waals surface area contributed by atoms with E-state index in [1.807, 2.05) is 12.1 Å². The predicted octanol–water partition coefficient (Wildman–Crippen LogP) is 5.07. The molecule has 0 radical (unpaired) electrons. The average Bonchev–Trinajstić information content (AvgIpc) is 2.65. The van der Waals surface area contributed by atoms with Crippen molar-refractivity contribution in [3.8, 4) is 5.69 Å². The van der Waals surface area contributed by atoms with Crippen LogP contribution in [0.5, 0.6) is 0 Å². The molecule has 0 amide bonds. The second kappa shape index (κ2) is 4.62. The SMILES string of the molecule is Cc1ccc(-n2c(=S)[nH]c3ccc(Br)cc32)c(C)c1. The van der Waals surface area contributed by atoms with Crippen molar-refractivity contribution in [2.24, 2.45) is 0 Å². The molecule has 0 saturated carbocycles. The molecule has 2 nitrogen and oxygen atoms in total. The van der Waals surface area contributed by atoms with Crippen molar-refractivity contribution in [1.29, 1.82) is 0 Å². The molecule has 0 spiro atoms. The summed E-state index contributed by atoms with van der Waals surface area (Å²) in [5.41, 5.74) is 5.74. The van der Waals surface area contributed by atoms with Gasteiger partial charge in [0.05, 0.1) is 16.7 Å². The molecule has 2 aromatic carbocycles. The number of aryl methyl sites for hydroxylation is 2. The maximum absolute atomic E-state index is 5.46. The van der Waals surface area contributed by atoms with Crippen molar-refractivity contribution in [3.05, 3.63) is 56.8 Å². The van der Waals surface area contributed by atoms with Gasteiger partial charge in [-0.1, -0.05) is 33.6 Å². The van der Waals surface area contributed by atoms with Gasteiger partial charge in [0.15, 0.2) is 4.77 Å². The van der Waals surface area contributed by atoms with E-state index >= 15 is 0 Å². The summed E-state index contributed by atoms with van der Waals surface area (Å²) in [5.74, 6) is 0. The molecule has 0 bridgehead atoms. The average molecular weight is 333 g/mol. The standard InChI is InChI=1S/C15H13BrN2S/c1-9-3-6-13(10(2)7-9)18-14-8-11(16)4-5-12(14)17-15(18)19/h3-8H,1-2H3,(H,17,19). The van der Waals surface area contributed by atoms with Gasteiger partial charge in [-0.3, -0.25) is 4.57 Å². The molecule has 0 fully saturated rings. The van der Waals surface area contributed by atoms with E-state index in [1.165, 1.54) is 11.1 Å². The van der Waals surface area contributed by atoms with Crippen LogP contribution in [0.25, 0.3) is 16.7 Å². The van der Waals surface area contributed by atoms with Gasteiger partial charge >= 0.3 is 0 Å². The van der Waals surface area contributed by atoms with Crippen LogP contribution in [-0.4, -0.2) is 9.55 Å². The van der Waals surface area contributed by atoms with Gasteiger partial charge < -0.3 is 4.98 Å². The zero-order valence-corrected chi connectivity index (χ0v) is 13.1. The van der Waals surface area contributed by atoms with Crippen LogP contribution >= 0.6 is 28.1 Å². The second-order valence-corrected chi connectivity index (χ2v) is 6.02. The van der Waals surface area contributed by atoms with Gasteiger partial charge in [0.1, 0.15) is 0 Å². The number of fused-ring (bicyclic) bond motifs is 1. The fraction of sp³-hybridized carbons (Fsp3) is 0.133. The minimum atomic E-state index is 0.722. The number of rotatable bonds is 1. The van der Waals surface area contributed by atoms with Crippen molar-refractivity contribution in [1.82, 2.24) is 9.55 Å². The van der Waals surface area contributed by atoms with Crippen LogP contribution in [0, 0.1) is 18.6 Å². The van der Waals surface area contributed by atoms with E-state index in [-0.39, 0.29) is 0 Å². The monoisotopic (exact) mass is 332 g/mol. The number of halogens is 1. The molecule has 0 atom stereocenters. The Morgan fingerprint density at radius 2 is 1.89 bits per heavy atom. The van der Waals surface area contributed by atoms with Crippen LogP contribution < -0.4 is 0 Å². The molecule has 96 valence electrons. The highest BCUT2D eigenvalue weighted by Crippen LogP contribution is 2.25. The number of nitrogens with one attached hydrogen (secondary N) is 1. The number of aromatic amines is 1. The van der Waals surface area contributed by atoms with Gasteiger partial charge in [-0.15, -0.1) is 0 Å². The molecular weight excluding hydrogens is 320 g/mol. The van der Waals surface area contributed by atoms with Gasteiger partial charge in [-0.2, -0.15) is 0 Å². The summed E-state index contributed by atoms with van der Waals surface area (Å²) in [6, 6.07) is 12.5. The summed E-state index contributed by atoms with van der Waals surface area (Å²) in [4.78, 5) is 3.25. The third-order valence-electron chi connectivity index (χ3n) is 3.24. The van der Waals surface area contributed by atoms with Gasteiger partial charge in [-0.05, 0) is 55.9 Å². The van der Waals surface area contributed by atoms with E-state index < -0.39 is 0 Å². The first-order valence-corrected chi connectivity index (χ1v) is 7.24. The van der Waals surface area contributed by atoms with Crippen LogP contribution in [0.1, 0.15) is 11.1 Å². The van der Waals surface area contributed by atoms with Crippen LogP contribution in [0.15, 0.2) is 40.9 Å². The first kappa shape index (κ1) is 12.6.